The van der Waals surface area contributed by atoms with Crippen molar-refractivity contribution in [1.82, 2.24) is 9.80 Å². The molecule has 0 aliphatic heterocycles. The second-order valence-corrected chi connectivity index (χ2v) is 6.70. The number of rotatable bonds is 8. The zero-order valence-electron chi connectivity index (χ0n) is 15.4. The van der Waals surface area contributed by atoms with Crippen LogP contribution in [-0.4, -0.2) is 59.4 Å². The maximum Gasteiger partial charge on any atom is 0.253 e. The minimum atomic E-state index is -0.300. The topological polar surface area (TPSA) is 57.7 Å². The summed E-state index contributed by atoms with van der Waals surface area (Å²) in [6, 6.07) is 18.1. The Morgan fingerprint density at radius 2 is 1.19 bits per heavy atom. The van der Waals surface area contributed by atoms with Crippen molar-refractivity contribution >= 4 is 34.7 Å². The summed E-state index contributed by atoms with van der Waals surface area (Å²) < 4.78 is 0. The monoisotopic (exact) mass is 382 g/mol. The largest absolute Gasteiger partial charge is 0.358 e. The second-order valence-electron chi connectivity index (χ2n) is 6.31. The van der Waals surface area contributed by atoms with Crippen LogP contribution in [0.3, 0.4) is 0 Å². The Hall–Kier alpha value is -2.86. The summed E-state index contributed by atoms with van der Waals surface area (Å²) >= 11 is 5.37. The van der Waals surface area contributed by atoms with Gasteiger partial charge in [0.1, 0.15) is 4.99 Å². The van der Waals surface area contributed by atoms with Gasteiger partial charge in [0, 0.05) is 25.2 Å². The average Bonchev–Trinajstić information content (AvgIpc) is 2.67. The predicted molar refractivity (Wildman–Crippen MR) is 109 cm³/mol. The van der Waals surface area contributed by atoms with E-state index in [1.165, 1.54) is 4.90 Å². The zero-order valence-corrected chi connectivity index (χ0v) is 16.2. The minimum absolute atomic E-state index is 0.0514. The summed E-state index contributed by atoms with van der Waals surface area (Å²) in [5, 5.41) is 0. The Balaban J connectivity index is 1.83. The van der Waals surface area contributed by atoms with Crippen LogP contribution in [-0.2, 0) is 9.59 Å². The number of Topliss-reactive ketones (excluding diaryl/α,β-unsaturated/α-hetero) is 2. The average molecular weight is 382 g/mol. The third-order valence-electron chi connectivity index (χ3n) is 3.96. The molecule has 0 atom stereocenters. The number of benzene rings is 2. The van der Waals surface area contributed by atoms with Crippen molar-refractivity contribution in [3.05, 3.63) is 71.8 Å². The van der Waals surface area contributed by atoms with Gasteiger partial charge in [0.15, 0.2) is 11.6 Å². The number of carbonyl (C=O) groups excluding carboxylic acids is 3. The van der Waals surface area contributed by atoms with E-state index < -0.39 is 0 Å². The van der Waals surface area contributed by atoms with E-state index in [1.54, 1.807) is 43.3 Å². The van der Waals surface area contributed by atoms with Crippen molar-refractivity contribution in [2.24, 2.45) is 0 Å². The molecule has 6 heteroatoms. The maximum absolute atomic E-state index is 12.3. The highest BCUT2D eigenvalue weighted by Crippen LogP contribution is 2.06. The first-order chi connectivity index (χ1) is 12.9. The molecule has 0 saturated carbocycles. The Labute approximate surface area is 164 Å². The molecule has 0 aromatic heterocycles. The molecule has 0 heterocycles. The SMILES string of the molecule is CN(CC(=O)CC(=O)CN(C)C(=S)c1ccccc1)C(=O)c1ccccc1. The molecule has 2 aromatic rings. The van der Waals surface area contributed by atoms with Gasteiger partial charge < -0.3 is 9.80 Å². The van der Waals surface area contributed by atoms with E-state index in [4.69, 9.17) is 12.2 Å². The second kappa shape index (κ2) is 9.73. The first-order valence-electron chi connectivity index (χ1n) is 8.53. The number of amides is 1. The predicted octanol–water partition coefficient (Wildman–Crippen LogP) is 2.59. The van der Waals surface area contributed by atoms with Gasteiger partial charge in [-0.2, -0.15) is 0 Å². The lowest BCUT2D eigenvalue weighted by molar-refractivity contribution is -0.127. The molecule has 0 radical (unpaired) electrons. The van der Waals surface area contributed by atoms with Crippen LogP contribution >= 0.6 is 12.2 Å². The van der Waals surface area contributed by atoms with Crippen molar-refractivity contribution in [3.63, 3.8) is 0 Å². The fraction of sp³-hybridized carbons (Fsp3) is 0.238. The highest BCUT2D eigenvalue weighted by Gasteiger charge is 2.18. The fourth-order valence-electron chi connectivity index (χ4n) is 2.61. The van der Waals surface area contributed by atoms with E-state index >= 15 is 0 Å². The summed E-state index contributed by atoms with van der Waals surface area (Å²) in [6.07, 6.45) is -0.228. The van der Waals surface area contributed by atoms with Crippen LogP contribution < -0.4 is 0 Å². The molecule has 140 valence electrons. The summed E-state index contributed by atoms with van der Waals surface area (Å²) in [5.41, 5.74) is 1.36. The molecule has 0 spiro atoms. The molecule has 0 unspecified atom stereocenters. The van der Waals surface area contributed by atoms with E-state index in [2.05, 4.69) is 0 Å². The Bertz CT molecular complexity index is 752. The Morgan fingerprint density at radius 3 is 1.70 bits per heavy atom. The number of hydrogen-bond acceptors (Lipinski definition) is 4. The number of hydrogen-bond donors (Lipinski definition) is 0. The van der Waals surface area contributed by atoms with E-state index in [-0.39, 0.29) is 37.0 Å². The maximum atomic E-state index is 12.3. The molecule has 2 aromatic carbocycles. The molecule has 0 N–H and O–H groups in total. The van der Waals surface area contributed by atoms with Crippen LogP contribution in [0.25, 0.3) is 0 Å². The molecule has 27 heavy (non-hydrogen) atoms. The number of carbonyl (C=O) groups is 3. The van der Waals surface area contributed by atoms with Crippen molar-refractivity contribution in [2.75, 3.05) is 27.2 Å². The number of likely N-dealkylation sites (N-methyl/N-ethyl adjacent to an activating group) is 2. The molecule has 0 bridgehead atoms. The van der Waals surface area contributed by atoms with Gasteiger partial charge in [-0.15, -0.1) is 0 Å². The molecule has 5 nitrogen and oxygen atoms in total. The van der Waals surface area contributed by atoms with Gasteiger partial charge in [-0.3, -0.25) is 14.4 Å². The standard InChI is InChI=1S/C21H22N2O3S/c1-22(20(26)16-9-5-3-6-10-16)14-18(24)13-19(25)15-23(2)21(27)17-11-7-4-8-12-17/h3-12H,13-15H2,1-2H3. The highest BCUT2D eigenvalue weighted by atomic mass is 32.1. The zero-order chi connectivity index (χ0) is 19.8. The van der Waals surface area contributed by atoms with Crippen molar-refractivity contribution in [1.29, 1.82) is 0 Å². The lowest BCUT2D eigenvalue weighted by Crippen LogP contribution is -2.35. The number of nitrogens with zero attached hydrogens (tertiary/aromatic N) is 2. The molecule has 0 saturated heterocycles. The molecule has 2 rings (SSSR count). The van der Waals surface area contributed by atoms with Crippen molar-refractivity contribution in [2.45, 2.75) is 6.42 Å². The fourth-order valence-corrected chi connectivity index (χ4v) is 2.81. The van der Waals surface area contributed by atoms with E-state index in [0.29, 0.717) is 10.6 Å². The van der Waals surface area contributed by atoms with Crippen LogP contribution in [0.4, 0.5) is 0 Å². The normalized spacial score (nSPS) is 10.1. The Morgan fingerprint density at radius 1 is 0.741 bits per heavy atom. The van der Waals surface area contributed by atoms with Crippen molar-refractivity contribution in [3.8, 4) is 0 Å². The Kier molecular flexibility index (Phi) is 7.37. The minimum Gasteiger partial charge on any atom is -0.358 e. The lowest BCUT2D eigenvalue weighted by Gasteiger charge is -2.20. The van der Waals surface area contributed by atoms with Gasteiger partial charge >= 0.3 is 0 Å². The van der Waals surface area contributed by atoms with Crippen LogP contribution in [0.5, 0.6) is 0 Å². The molecule has 0 aliphatic carbocycles. The lowest BCUT2D eigenvalue weighted by atomic mass is 10.1. The third kappa shape index (κ3) is 6.11. The third-order valence-corrected chi connectivity index (χ3v) is 4.50. The van der Waals surface area contributed by atoms with E-state index in [0.717, 1.165) is 5.56 Å². The number of thiocarbonyl (C=S) groups is 1. The molecule has 0 fully saturated rings. The molecule has 0 aliphatic rings. The molecular formula is C21H22N2O3S. The van der Waals surface area contributed by atoms with Crippen LogP contribution in [0.15, 0.2) is 60.7 Å². The first-order valence-corrected chi connectivity index (χ1v) is 8.93. The summed E-state index contributed by atoms with van der Waals surface area (Å²) in [5.74, 6) is -0.786. The van der Waals surface area contributed by atoms with Crippen LogP contribution in [0.1, 0.15) is 22.3 Å². The van der Waals surface area contributed by atoms with Gasteiger partial charge in [-0.1, -0.05) is 60.7 Å². The van der Waals surface area contributed by atoms with E-state index in [1.807, 2.05) is 36.4 Å². The quantitative estimate of drug-likeness (QED) is 0.519. The van der Waals surface area contributed by atoms with Crippen LogP contribution in [0, 0.1) is 0 Å². The summed E-state index contributed by atoms with van der Waals surface area (Å²) in [7, 11) is 3.27. The van der Waals surface area contributed by atoms with E-state index in [9.17, 15) is 14.4 Å². The number of ketones is 2. The summed E-state index contributed by atoms with van der Waals surface area (Å²) in [4.78, 5) is 40.1. The summed E-state index contributed by atoms with van der Waals surface area (Å²) in [6.45, 7) is -0.0534. The van der Waals surface area contributed by atoms with Gasteiger partial charge in [-0.25, -0.2) is 0 Å². The van der Waals surface area contributed by atoms with Gasteiger partial charge in [0.05, 0.1) is 19.5 Å². The van der Waals surface area contributed by atoms with Crippen molar-refractivity contribution < 1.29 is 14.4 Å². The van der Waals surface area contributed by atoms with Gasteiger partial charge in [0.25, 0.3) is 5.91 Å². The highest BCUT2D eigenvalue weighted by molar-refractivity contribution is 7.80. The molecule has 1 amide bonds. The van der Waals surface area contributed by atoms with Gasteiger partial charge in [-0.05, 0) is 12.1 Å². The first kappa shape index (κ1) is 20.5. The smallest absolute Gasteiger partial charge is 0.253 e. The van der Waals surface area contributed by atoms with Crippen LogP contribution in [0.2, 0.25) is 0 Å². The molecular weight excluding hydrogens is 360 g/mol. The van der Waals surface area contributed by atoms with Gasteiger partial charge in [0.2, 0.25) is 0 Å².